The Kier molecular flexibility index (Phi) is 20.1. The van der Waals surface area contributed by atoms with E-state index >= 15 is 0 Å². The van der Waals surface area contributed by atoms with Gasteiger partial charge in [0, 0.05) is 52.4 Å². The minimum atomic E-state index is 0.548. The van der Waals surface area contributed by atoms with Crippen molar-refractivity contribution in [3.63, 3.8) is 0 Å². The molecule has 10 nitrogen and oxygen atoms in total. The Morgan fingerprint density at radius 3 is 1.13 bits per heavy atom. The Bertz CT molecular complexity index is 305. The summed E-state index contributed by atoms with van der Waals surface area (Å²) in [6, 6.07) is 0. The summed E-state index contributed by atoms with van der Waals surface area (Å²) in [5.74, 6) is 0. The molecule has 1 fully saturated rings. The normalized spacial score (nSPS) is 20.6. The number of nitrogens with two attached hydrogens (primary N) is 2. The summed E-state index contributed by atoms with van der Waals surface area (Å²) < 4.78 is 33.9. The van der Waals surface area contributed by atoms with E-state index in [0.717, 1.165) is 39.3 Å². The van der Waals surface area contributed by atoms with Crippen molar-refractivity contribution in [2.45, 2.75) is 0 Å². The second-order valence-corrected chi connectivity index (χ2v) is 6.93. The van der Waals surface area contributed by atoms with Gasteiger partial charge < -0.3 is 39.9 Å². The Balaban J connectivity index is 2.30. The van der Waals surface area contributed by atoms with Crippen molar-refractivity contribution in [2.24, 2.45) is 11.5 Å². The number of hydrogen-bond donors (Lipinski definition) is 2. The monoisotopic (exact) mass is 436 g/mol. The van der Waals surface area contributed by atoms with Gasteiger partial charge in [-0.25, -0.2) is 0 Å². The molecule has 4 N–H and O–H groups in total. The van der Waals surface area contributed by atoms with Gasteiger partial charge in [-0.15, -0.1) is 0 Å². The second-order valence-electron chi connectivity index (χ2n) is 6.93. The molecule has 1 saturated heterocycles. The minimum Gasteiger partial charge on any atom is -0.379 e. The molecule has 0 spiro atoms. The summed E-state index contributed by atoms with van der Waals surface area (Å²) >= 11 is 0. The molecule has 0 saturated carbocycles. The molecule has 1 aliphatic rings. The van der Waals surface area contributed by atoms with E-state index in [1.54, 1.807) is 0 Å². The maximum Gasteiger partial charge on any atom is 0.0701 e. The third-order valence-electron chi connectivity index (χ3n) is 4.58. The molecule has 1 heterocycles. The number of ether oxygens (including phenoxy) is 6. The molecule has 0 unspecified atom stereocenters. The Hall–Kier alpha value is -0.400. The molecule has 1 rings (SSSR count). The van der Waals surface area contributed by atoms with Gasteiger partial charge in [0.25, 0.3) is 0 Å². The Morgan fingerprint density at radius 2 is 0.833 bits per heavy atom. The zero-order valence-electron chi connectivity index (χ0n) is 18.6. The van der Waals surface area contributed by atoms with E-state index in [4.69, 9.17) is 39.9 Å². The van der Waals surface area contributed by atoms with Crippen LogP contribution >= 0.6 is 0 Å². The van der Waals surface area contributed by atoms with Gasteiger partial charge in [0.2, 0.25) is 0 Å². The molecule has 0 bridgehead atoms. The van der Waals surface area contributed by atoms with Crippen LogP contribution in [-0.4, -0.2) is 141 Å². The second kappa shape index (κ2) is 21.8. The van der Waals surface area contributed by atoms with Crippen molar-refractivity contribution in [2.75, 3.05) is 132 Å². The summed E-state index contributed by atoms with van der Waals surface area (Å²) in [5.41, 5.74) is 10.9. The average Bonchev–Trinajstić information content (AvgIpc) is 2.75. The van der Waals surface area contributed by atoms with Crippen LogP contribution in [0.5, 0.6) is 0 Å². The first-order valence-corrected chi connectivity index (χ1v) is 11.2. The highest BCUT2D eigenvalue weighted by atomic mass is 16.5. The van der Waals surface area contributed by atoms with E-state index in [1.807, 2.05) is 0 Å². The Labute approximate surface area is 182 Å². The van der Waals surface area contributed by atoms with Crippen molar-refractivity contribution in [1.82, 2.24) is 9.80 Å². The van der Waals surface area contributed by atoms with Crippen LogP contribution in [0.2, 0.25) is 0 Å². The molecule has 1 aliphatic heterocycles. The predicted molar refractivity (Wildman–Crippen MR) is 116 cm³/mol. The molecular formula is C20H44N4O6. The Morgan fingerprint density at radius 1 is 0.500 bits per heavy atom. The zero-order valence-corrected chi connectivity index (χ0v) is 18.6. The fraction of sp³-hybridized carbons (Fsp3) is 1.00. The van der Waals surface area contributed by atoms with Crippen LogP contribution in [0.1, 0.15) is 0 Å². The highest BCUT2D eigenvalue weighted by Gasteiger charge is 2.07. The first-order chi connectivity index (χ1) is 14.9. The lowest BCUT2D eigenvalue weighted by atomic mass is 10.4. The van der Waals surface area contributed by atoms with Gasteiger partial charge in [-0.2, -0.15) is 0 Å². The van der Waals surface area contributed by atoms with Crippen LogP contribution in [0.3, 0.4) is 0 Å². The molecule has 10 heteroatoms. The highest BCUT2D eigenvalue weighted by molar-refractivity contribution is 4.59. The third-order valence-corrected chi connectivity index (χ3v) is 4.58. The smallest absolute Gasteiger partial charge is 0.0701 e. The minimum absolute atomic E-state index is 0.548. The van der Waals surface area contributed by atoms with Crippen molar-refractivity contribution < 1.29 is 28.4 Å². The first-order valence-electron chi connectivity index (χ1n) is 11.2. The van der Waals surface area contributed by atoms with Crippen LogP contribution in [0.25, 0.3) is 0 Å². The van der Waals surface area contributed by atoms with Gasteiger partial charge in [-0.3, -0.25) is 9.80 Å². The van der Waals surface area contributed by atoms with E-state index < -0.39 is 0 Å². The van der Waals surface area contributed by atoms with Crippen molar-refractivity contribution in [3.05, 3.63) is 0 Å². The van der Waals surface area contributed by atoms with E-state index in [2.05, 4.69) is 9.80 Å². The lowest BCUT2D eigenvalue weighted by Gasteiger charge is -2.23. The SMILES string of the molecule is NCCOCCN1CCOCCOCCN(CCOCCN)CCOCCOCC1. The van der Waals surface area contributed by atoms with Gasteiger partial charge >= 0.3 is 0 Å². The van der Waals surface area contributed by atoms with Crippen molar-refractivity contribution in [3.8, 4) is 0 Å². The summed E-state index contributed by atoms with van der Waals surface area (Å²) in [6.07, 6.45) is 0. The van der Waals surface area contributed by atoms with E-state index in [0.29, 0.717) is 92.4 Å². The average molecular weight is 437 g/mol. The lowest BCUT2D eigenvalue weighted by molar-refractivity contribution is 0.00126. The van der Waals surface area contributed by atoms with E-state index in [9.17, 15) is 0 Å². The summed E-state index contributed by atoms with van der Waals surface area (Å²) in [4.78, 5) is 4.57. The predicted octanol–water partition coefficient (Wildman–Crippen LogP) is -1.38. The molecule has 180 valence electrons. The highest BCUT2D eigenvalue weighted by Crippen LogP contribution is 1.94. The lowest BCUT2D eigenvalue weighted by Crippen LogP contribution is -2.35. The van der Waals surface area contributed by atoms with Crippen LogP contribution in [0.15, 0.2) is 0 Å². The molecule has 0 aromatic rings. The van der Waals surface area contributed by atoms with Gasteiger partial charge in [0.05, 0.1) is 79.3 Å². The summed E-state index contributed by atoms with van der Waals surface area (Å²) in [5, 5.41) is 0. The van der Waals surface area contributed by atoms with Crippen molar-refractivity contribution >= 4 is 0 Å². The van der Waals surface area contributed by atoms with E-state index in [-0.39, 0.29) is 0 Å². The zero-order chi connectivity index (χ0) is 21.5. The van der Waals surface area contributed by atoms with Gasteiger partial charge in [-0.1, -0.05) is 0 Å². The van der Waals surface area contributed by atoms with Crippen LogP contribution < -0.4 is 11.5 Å². The molecule has 0 aliphatic carbocycles. The van der Waals surface area contributed by atoms with E-state index in [1.165, 1.54) is 0 Å². The fourth-order valence-corrected chi connectivity index (χ4v) is 2.85. The molecular weight excluding hydrogens is 392 g/mol. The number of hydrogen-bond acceptors (Lipinski definition) is 10. The summed E-state index contributed by atoms with van der Waals surface area (Å²) in [7, 11) is 0. The van der Waals surface area contributed by atoms with Crippen LogP contribution in [0, 0.1) is 0 Å². The molecule has 0 amide bonds. The standard InChI is InChI=1S/C20H44N4O6/c21-1-9-25-11-3-23-5-13-27-17-19-29-15-7-24(4-12-26-10-2-22)8-16-30-20-18-28-14-6-23/h1-22H2. The maximum absolute atomic E-state index is 5.72. The van der Waals surface area contributed by atoms with Crippen molar-refractivity contribution in [1.29, 1.82) is 0 Å². The van der Waals surface area contributed by atoms with Gasteiger partial charge in [-0.05, 0) is 0 Å². The molecule has 0 atom stereocenters. The molecule has 0 aromatic heterocycles. The summed E-state index contributed by atoms with van der Waals surface area (Å²) in [6.45, 7) is 13.6. The fourth-order valence-electron chi connectivity index (χ4n) is 2.85. The first kappa shape index (κ1) is 27.6. The number of nitrogens with zero attached hydrogens (tertiary/aromatic N) is 2. The quantitative estimate of drug-likeness (QED) is 0.397. The molecule has 0 radical (unpaired) electrons. The van der Waals surface area contributed by atoms with Crippen LogP contribution in [-0.2, 0) is 28.4 Å². The van der Waals surface area contributed by atoms with Crippen LogP contribution in [0.4, 0.5) is 0 Å². The van der Waals surface area contributed by atoms with Gasteiger partial charge in [0.15, 0.2) is 0 Å². The maximum atomic E-state index is 5.72. The third kappa shape index (κ3) is 17.3. The number of rotatable bonds is 10. The van der Waals surface area contributed by atoms with Gasteiger partial charge in [0.1, 0.15) is 0 Å². The largest absolute Gasteiger partial charge is 0.379 e. The molecule has 30 heavy (non-hydrogen) atoms. The molecule has 0 aromatic carbocycles. The topological polar surface area (TPSA) is 114 Å².